The van der Waals surface area contributed by atoms with Crippen LogP contribution in [-0.2, 0) is 0 Å². The Morgan fingerprint density at radius 2 is 2.08 bits per heavy atom. The number of rotatable bonds is 5. The highest BCUT2D eigenvalue weighted by atomic mass is 32.1. The number of hydrogen-bond acceptors (Lipinski definition) is 6. The molecule has 1 aromatic carbocycles. The smallest absolute Gasteiger partial charge is 0.311 e. The van der Waals surface area contributed by atoms with Crippen LogP contribution in [0.1, 0.15) is 24.2 Å². The Morgan fingerprint density at radius 1 is 1.35 bits per heavy atom. The fraction of sp³-hybridized carbons (Fsp3) is 0.235. The Bertz CT molecular complexity index is 827. The van der Waals surface area contributed by atoms with Gasteiger partial charge in [0, 0.05) is 23.9 Å². The molecule has 2 aromatic rings. The average Bonchev–Trinajstić information content (AvgIpc) is 2.61. The molecule has 0 atom stereocenters. The van der Waals surface area contributed by atoms with E-state index in [1.807, 2.05) is 19.9 Å². The Balaban J connectivity index is 2.24. The van der Waals surface area contributed by atoms with Gasteiger partial charge in [0.2, 0.25) is 0 Å². The molecule has 0 spiro atoms. The first kappa shape index (κ1) is 19.3. The number of anilines is 1. The summed E-state index contributed by atoms with van der Waals surface area (Å²) in [5.74, 6) is 0.113. The molecule has 9 heteroatoms. The number of ether oxygens (including phenoxy) is 1. The van der Waals surface area contributed by atoms with Crippen molar-refractivity contribution in [1.82, 2.24) is 10.3 Å². The van der Waals surface area contributed by atoms with Gasteiger partial charge in [-0.2, -0.15) is 0 Å². The lowest BCUT2D eigenvalue weighted by molar-refractivity contribution is -0.385. The van der Waals surface area contributed by atoms with Crippen LogP contribution < -0.4 is 15.0 Å². The third-order valence-electron chi connectivity index (χ3n) is 3.49. The summed E-state index contributed by atoms with van der Waals surface area (Å²) in [6.45, 7) is 3.82. The summed E-state index contributed by atoms with van der Waals surface area (Å²) in [5, 5.41) is 13.9. The van der Waals surface area contributed by atoms with E-state index in [4.69, 9.17) is 17.0 Å². The molecule has 0 fully saturated rings. The van der Waals surface area contributed by atoms with E-state index >= 15 is 0 Å². The SMILES string of the molecule is COc1ccc(C(=O)NC(=S)N(c2ccccn2)C(C)C)cc1[N+](=O)[O-]. The van der Waals surface area contributed by atoms with Crippen LogP contribution in [0.15, 0.2) is 42.6 Å². The highest BCUT2D eigenvalue weighted by molar-refractivity contribution is 7.80. The molecule has 0 aliphatic carbocycles. The topological polar surface area (TPSA) is 97.6 Å². The summed E-state index contributed by atoms with van der Waals surface area (Å²) in [6, 6.07) is 9.27. The van der Waals surface area contributed by atoms with Gasteiger partial charge in [0.1, 0.15) is 5.82 Å². The third kappa shape index (κ3) is 4.31. The van der Waals surface area contributed by atoms with Crippen LogP contribution in [0.2, 0.25) is 0 Å². The molecule has 0 saturated carbocycles. The average molecular weight is 374 g/mol. The first-order chi connectivity index (χ1) is 12.3. The fourth-order valence-corrected chi connectivity index (χ4v) is 2.70. The highest BCUT2D eigenvalue weighted by Crippen LogP contribution is 2.27. The maximum atomic E-state index is 12.5. The van der Waals surface area contributed by atoms with E-state index in [-0.39, 0.29) is 28.2 Å². The Kier molecular flexibility index (Phi) is 6.18. The number of benzene rings is 1. The summed E-state index contributed by atoms with van der Waals surface area (Å²) >= 11 is 5.34. The van der Waals surface area contributed by atoms with Crippen molar-refractivity contribution in [3.63, 3.8) is 0 Å². The molecule has 2 rings (SSSR count). The minimum Gasteiger partial charge on any atom is -0.490 e. The summed E-state index contributed by atoms with van der Waals surface area (Å²) in [4.78, 5) is 28.9. The quantitative estimate of drug-likeness (QED) is 0.488. The second-order valence-electron chi connectivity index (χ2n) is 5.55. The highest BCUT2D eigenvalue weighted by Gasteiger charge is 2.22. The lowest BCUT2D eigenvalue weighted by atomic mass is 10.1. The molecule has 136 valence electrons. The van der Waals surface area contributed by atoms with Gasteiger partial charge in [0.25, 0.3) is 5.91 Å². The molecule has 1 aromatic heterocycles. The van der Waals surface area contributed by atoms with Gasteiger partial charge in [-0.15, -0.1) is 0 Å². The van der Waals surface area contributed by atoms with Crippen LogP contribution in [0, 0.1) is 10.1 Å². The molecule has 0 radical (unpaired) electrons. The minimum atomic E-state index is -0.609. The van der Waals surface area contributed by atoms with Gasteiger partial charge in [-0.25, -0.2) is 4.98 Å². The second kappa shape index (κ2) is 8.34. The Hall–Kier alpha value is -3.07. The number of nitro groups is 1. The number of thiocarbonyl (C=S) groups is 1. The Labute approximate surface area is 155 Å². The van der Waals surface area contributed by atoms with Crippen LogP contribution in [0.25, 0.3) is 0 Å². The van der Waals surface area contributed by atoms with Crippen molar-refractivity contribution in [2.45, 2.75) is 19.9 Å². The van der Waals surface area contributed by atoms with E-state index in [1.54, 1.807) is 23.2 Å². The molecule has 0 bridgehead atoms. The van der Waals surface area contributed by atoms with Crippen LogP contribution in [0.3, 0.4) is 0 Å². The molecule has 26 heavy (non-hydrogen) atoms. The molecule has 1 heterocycles. The van der Waals surface area contributed by atoms with Gasteiger partial charge < -0.3 is 9.64 Å². The number of amides is 1. The number of nitro benzene ring substituents is 1. The minimum absolute atomic E-state index is 0.0529. The van der Waals surface area contributed by atoms with Gasteiger partial charge in [-0.05, 0) is 50.3 Å². The first-order valence-corrected chi connectivity index (χ1v) is 8.14. The van der Waals surface area contributed by atoms with Crippen molar-refractivity contribution >= 4 is 34.7 Å². The number of aromatic nitrogens is 1. The largest absolute Gasteiger partial charge is 0.490 e. The Morgan fingerprint density at radius 3 is 2.62 bits per heavy atom. The second-order valence-corrected chi connectivity index (χ2v) is 5.94. The number of hydrogen-bond donors (Lipinski definition) is 1. The zero-order valence-electron chi connectivity index (χ0n) is 14.5. The number of nitrogens with zero attached hydrogens (tertiary/aromatic N) is 3. The number of carbonyl (C=O) groups is 1. The number of carbonyl (C=O) groups excluding carboxylic acids is 1. The van der Waals surface area contributed by atoms with Gasteiger partial charge >= 0.3 is 5.69 Å². The third-order valence-corrected chi connectivity index (χ3v) is 3.79. The van der Waals surface area contributed by atoms with Crippen LogP contribution >= 0.6 is 12.2 Å². The van der Waals surface area contributed by atoms with Gasteiger partial charge in [-0.3, -0.25) is 20.2 Å². The summed E-state index contributed by atoms with van der Waals surface area (Å²) in [7, 11) is 1.32. The monoisotopic (exact) mass is 374 g/mol. The summed E-state index contributed by atoms with van der Waals surface area (Å²) in [5.41, 5.74) is -0.193. The summed E-state index contributed by atoms with van der Waals surface area (Å²) < 4.78 is 4.93. The van der Waals surface area contributed by atoms with E-state index in [1.165, 1.54) is 19.2 Å². The molecule has 0 aliphatic heterocycles. The lowest BCUT2D eigenvalue weighted by Gasteiger charge is -2.28. The lowest BCUT2D eigenvalue weighted by Crippen LogP contribution is -2.46. The maximum absolute atomic E-state index is 12.5. The summed E-state index contributed by atoms with van der Waals surface area (Å²) in [6.07, 6.45) is 1.63. The molecule has 0 saturated heterocycles. The van der Waals surface area contributed by atoms with Crippen molar-refractivity contribution in [3.8, 4) is 5.75 Å². The van der Waals surface area contributed by atoms with Crippen molar-refractivity contribution < 1.29 is 14.5 Å². The van der Waals surface area contributed by atoms with E-state index < -0.39 is 10.8 Å². The predicted octanol–water partition coefficient (Wildman–Crippen LogP) is 2.93. The number of methoxy groups -OCH3 is 1. The molecule has 8 nitrogen and oxygen atoms in total. The van der Waals surface area contributed by atoms with Crippen LogP contribution in [0.5, 0.6) is 5.75 Å². The van der Waals surface area contributed by atoms with Crippen LogP contribution in [0.4, 0.5) is 11.5 Å². The van der Waals surface area contributed by atoms with Crippen LogP contribution in [-0.4, -0.2) is 34.1 Å². The van der Waals surface area contributed by atoms with E-state index in [2.05, 4.69) is 10.3 Å². The standard InChI is InChI=1S/C17H18N4O4S/c1-11(2)20(15-6-4-5-9-18-15)17(26)19-16(22)12-7-8-14(25-3)13(10-12)21(23)24/h4-11H,1-3H3,(H,19,22,26). The molecule has 0 aliphatic rings. The molecular weight excluding hydrogens is 356 g/mol. The number of nitrogens with one attached hydrogen (secondary N) is 1. The van der Waals surface area contributed by atoms with E-state index in [0.717, 1.165) is 6.07 Å². The van der Waals surface area contributed by atoms with Crippen molar-refractivity contribution in [2.75, 3.05) is 12.0 Å². The zero-order chi connectivity index (χ0) is 19.3. The van der Waals surface area contributed by atoms with E-state index in [9.17, 15) is 14.9 Å². The van der Waals surface area contributed by atoms with Gasteiger partial charge in [-0.1, -0.05) is 6.07 Å². The molecule has 1 N–H and O–H groups in total. The normalized spacial score (nSPS) is 10.3. The zero-order valence-corrected chi connectivity index (χ0v) is 15.3. The van der Waals surface area contributed by atoms with Crippen molar-refractivity contribution in [1.29, 1.82) is 0 Å². The molecular formula is C17H18N4O4S. The maximum Gasteiger partial charge on any atom is 0.311 e. The van der Waals surface area contributed by atoms with Gasteiger partial charge in [0.05, 0.1) is 12.0 Å². The van der Waals surface area contributed by atoms with E-state index in [0.29, 0.717) is 5.82 Å². The fourth-order valence-electron chi connectivity index (χ4n) is 2.30. The molecule has 0 unspecified atom stereocenters. The molecule has 1 amide bonds. The van der Waals surface area contributed by atoms with Crippen molar-refractivity contribution in [2.24, 2.45) is 0 Å². The predicted molar refractivity (Wildman–Crippen MR) is 102 cm³/mol. The van der Waals surface area contributed by atoms with Crippen molar-refractivity contribution in [3.05, 3.63) is 58.3 Å². The number of pyridine rings is 1. The first-order valence-electron chi connectivity index (χ1n) is 7.73. The van der Waals surface area contributed by atoms with Gasteiger partial charge in [0.15, 0.2) is 10.9 Å².